The topological polar surface area (TPSA) is 97.2 Å². The van der Waals surface area contributed by atoms with E-state index in [9.17, 15) is 13.2 Å². The van der Waals surface area contributed by atoms with Gasteiger partial charge in [-0.25, -0.2) is 27.7 Å². The van der Waals surface area contributed by atoms with E-state index < -0.39 is 15.5 Å². The van der Waals surface area contributed by atoms with Gasteiger partial charge in [0, 0.05) is 11.9 Å². The van der Waals surface area contributed by atoms with Gasteiger partial charge in [0.25, 0.3) is 0 Å². The van der Waals surface area contributed by atoms with Crippen LogP contribution in [0.1, 0.15) is 6.92 Å². The van der Waals surface area contributed by atoms with E-state index in [2.05, 4.69) is 15.2 Å². The Morgan fingerprint density at radius 2 is 2.28 bits per heavy atom. The van der Waals surface area contributed by atoms with Gasteiger partial charge in [-0.05, 0) is 5.92 Å². The Morgan fingerprint density at radius 3 is 2.94 bits per heavy atom. The zero-order chi connectivity index (χ0) is 13.3. The van der Waals surface area contributed by atoms with Gasteiger partial charge in [-0.3, -0.25) is 0 Å². The van der Waals surface area contributed by atoms with Crippen LogP contribution in [0, 0.1) is 5.92 Å². The third-order valence-electron chi connectivity index (χ3n) is 2.37. The normalized spacial score (nSPS) is 13.9. The zero-order valence-electron chi connectivity index (χ0n) is 9.50. The Bertz CT molecular complexity index is 721. The van der Waals surface area contributed by atoms with Crippen molar-refractivity contribution in [2.24, 2.45) is 5.92 Å². The van der Waals surface area contributed by atoms with Gasteiger partial charge in [0.05, 0.1) is 5.75 Å². The Hall–Kier alpha value is -1.41. The fourth-order valence-electron chi connectivity index (χ4n) is 1.47. The number of aromatic nitrogens is 4. The van der Waals surface area contributed by atoms with Crippen LogP contribution < -0.4 is 5.69 Å². The molecule has 0 spiro atoms. The summed E-state index contributed by atoms with van der Waals surface area (Å²) in [5.41, 5.74) is -0.248. The highest BCUT2D eigenvalue weighted by Gasteiger charge is 2.20. The summed E-state index contributed by atoms with van der Waals surface area (Å²) in [5.74, 6) is -0.00595. The Labute approximate surface area is 108 Å². The standard InChI is InChI=1S/C9H11ClN4O3S/c1-6(3-10)4-18(16,17)8-2-7-12-13-9(15)14(7)5-11-8/h2,5-6H,3-4H2,1H3,(H,13,15). The van der Waals surface area contributed by atoms with Crippen LogP contribution in [0.2, 0.25) is 0 Å². The monoisotopic (exact) mass is 290 g/mol. The summed E-state index contributed by atoms with van der Waals surface area (Å²) in [6.07, 6.45) is 1.14. The first kappa shape index (κ1) is 13.0. The molecule has 2 aromatic heterocycles. The molecule has 0 aliphatic rings. The summed E-state index contributed by atoms with van der Waals surface area (Å²) in [5, 5.41) is 5.79. The van der Waals surface area contributed by atoms with Crippen molar-refractivity contribution in [3.8, 4) is 0 Å². The maximum absolute atomic E-state index is 12.0. The molecule has 2 aromatic rings. The molecule has 0 saturated carbocycles. The highest BCUT2D eigenvalue weighted by molar-refractivity contribution is 7.91. The summed E-state index contributed by atoms with van der Waals surface area (Å²) >= 11 is 5.60. The van der Waals surface area contributed by atoms with E-state index in [-0.39, 0.29) is 28.2 Å². The first-order chi connectivity index (χ1) is 8.44. The molecule has 98 valence electrons. The van der Waals surface area contributed by atoms with E-state index in [1.807, 2.05) is 0 Å². The fourth-order valence-corrected chi connectivity index (χ4v) is 3.24. The molecule has 2 heterocycles. The molecule has 0 bridgehead atoms. The first-order valence-electron chi connectivity index (χ1n) is 5.15. The molecule has 9 heteroatoms. The predicted molar refractivity (Wildman–Crippen MR) is 65.5 cm³/mol. The minimum atomic E-state index is -3.52. The summed E-state index contributed by atoms with van der Waals surface area (Å²) in [4.78, 5) is 15.0. The van der Waals surface area contributed by atoms with Crippen LogP contribution in [0.3, 0.4) is 0 Å². The Balaban J connectivity index is 2.45. The van der Waals surface area contributed by atoms with Crippen LogP contribution >= 0.6 is 11.6 Å². The molecular weight excluding hydrogens is 280 g/mol. The predicted octanol–water partition coefficient (Wildman–Crippen LogP) is 0.0662. The second-order valence-electron chi connectivity index (χ2n) is 4.02. The maximum Gasteiger partial charge on any atom is 0.348 e. The Kier molecular flexibility index (Phi) is 3.40. The van der Waals surface area contributed by atoms with Crippen molar-refractivity contribution in [2.75, 3.05) is 11.6 Å². The number of hydrogen-bond acceptors (Lipinski definition) is 5. The molecule has 0 aliphatic carbocycles. The summed E-state index contributed by atoms with van der Waals surface area (Å²) < 4.78 is 25.1. The minimum Gasteiger partial charge on any atom is -0.246 e. The third-order valence-corrected chi connectivity index (χ3v) is 4.77. The number of sulfone groups is 1. The van der Waals surface area contributed by atoms with E-state index in [4.69, 9.17) is 11.6 Å². The van der Waals surface area contributed by atoms with E-state index in [0.717, 1.165) is 10.7 Å². The van der Waals surface area contributed by atoms with Crippen LogP contribution in [-0.4, -0.2) is 39.6 Å². The average molecular weight is 291 g/mol. The van der Waals surface area contributed by atoms with Crippen molar-refractivity contribution >= 4 is 27.1 Å². The number of nitrogens with one attached hydrogen (secondary N) is 1. The molecule has 0 radical (unpaired) electrons. The first-order valence-corrected chi connectivity index (χ1v) is 7.34. The van der Waals surface area contributed by atoms with Gasteiger partial charge in [0.15, 0.2) is 20.5 Å². The van der Waals surface area contributed by atoms with Gasteiger partial charge in [0.2, 0.25) is 0 Å². The van der Waals surface area contributed by atoms with E-state index in [0.29, 0.717) is 0 Å². The number of nitrogens with zero attached hydrogens (tertiary/aromatic N) is 3. The zero-order valence-corrected chi connectivity index (χ0v) is 11.1. The second-order valence-corrected chi connectivity index (χ2v) is 6.31. The number of aromatic amines is 1. The molecule has 0 saturated heterocycles. The van der Waals surface area contributed by atoms with E-state index in [1.54, 1.807) is 6.92 Å². The highest BCUT2D eigenvalue weighted by Crippen LogP contribution is 2.13. The number of halogens is 1. The third kappa shape index (κ3) is 2.39. The summed E-state index contributed by atoms with van der Waals surface area (Å²) in [6.45, 7) is 1.74. The number of hydrogen-bond donors (Lipinski definition) is 1. The lowest BCUT2D eigenvalue weighted by Gasteiger charge is -2.07. The lowest BCUT2D eigenvalue weighted by molar-refractivity contribution is 0.579. The lowest BCUT2D eigenvalue weighted by Crippen LogP contribution is -2.17. The molecule has 1 unspecified atom stereocenters. The van der Waals surface area contributed by atoms with Crippen LogP contribution in [0.15, 0.2) is 22.2 Å². The van der Waals surface area contributed by atoms with Crippen molar-refractivity contribution in [2.45, 2.75) is 11.9 Å². The van der Waals surface area contributed by atoms with Gasteiger partial charge in [0.1, 0.15) is 6.33 Å². The quantitative estimate of drug-likeness (QED) is 0.634. The van der Waals surface area contributed by atoms with E-state index in [1.165, 1.54) is 6.07 Å². The van der Waals surface area contributed by atoms with E-state index >= 15 is 0 Å². The van der Waals surface area contributed by atoms with Crippen LogP contribution in [-0.2, 0) is 9.84 Å². The highest BCUT2D eigenvalue weighted by atomic mass is 35.5. The SMILES string of the molecule is CC(CCl)CS(=O)(=O)c1cc2n[nH]c(=O)n2cn1. The van der Waals surface area contributed by atoms with Crippen molar-refractivity contribution in [1.82, 2.24) is 19.6 Å². The number of fused-ring (bicyclic) bond motifs is 1. The molecule has 2 rings (SSSR count). The van der Waals surface area contributed by atoms with Gasteiger partial charge in [-0.2, -0.15) is 5.10 Å². The fraction of sp³-hybridized carbons (Fsp3) is 0.444. The number of rotatable bonds is 4. The average Bonchev–Trinajstić information content (AvgIpc) is 2.70. The number of H-pyrrole nitrogens is 1. The minimum absolute atomic E-state index is 0.0890. The molecule has 0 fully saturated rings. The summed E-state index contributed by atoms with van der Waals surface area (Å²) in [7, 11) is -3.52. The molecule has 1 N–H and O–H groups in total. The van der Waals surface area contributed by atoms with Crippen LogP contribution in [0.5, 0.6) is 0 Å². The maximum atomic E-state index is 12.0. The van der Waals surface area contributed by atoms with Crippen molar-refractivity contribution in [3.05, 3.63) is 22.9 Å². The molecule has 7 nitrogen and oxygen atoms in total. The molecule has 18 heavy (non-hydrogen) atoms. The number of alkyl halides is 1. The van der Waals surface area contributed by atoms with Gasteiger partial charge < -0.3 is 0 Å². The molecule has 0 amide bonds. The lowest BCUT2D eigenvalue weighted by atomic mass is 10.3. The van der Waals surface area contributed by atoms with Gasteiger partial charge in [-0.1, -0.05) is 6.92 Å². The van der Waals surface area contributed by atoms with Gasteiger partial charge >= 0.3 is 5.69 Å². The van der Waals surface area contributed by atoms with Crippen molar-refractivity contribution in [3.63, 3.8) is 0 Å². The molecular formula is C9H11ClN4O3S. The van der Waals surface area contributed by atoms with Crippen molar-refractivity contribution < 1.29 is 8.42 Å². The smallest absolute Gasteiger partial charge is 0.246 e. The van der Waals surface area contributed by atoms with Crippen molar-refractivity contribution in [1.29, 1.82) is 0 Å². The Morgan fingerprint density at radius 1 is 1.56 bits per heavy atom. The molecule has 0 aliphatic heterocycles. The largest absolute Gasteiger partial charge is 0.348 e. The molecule has 0 aromatic carbocycles. The van der Waals surface area contributed by atoms with Crippen LogP contribution in [0.4, 0.5) is 0 Å². The van der Waals surface area contributed by atoms with Crippen LogP contribution in [0.25, 0.3) is 5.65 Å². The molecule has 1 atom stereocenters. The summed E-state index contributed by atoms with van der Waals surface area (Å²) in [6, 6.07) is 1.26. The van der Waals surface area contributed by atoms with Gasteiger partial charge in [-0.15, -0.1) is 11.6 Å². The second kappa shape index (κ2) is 4.69.